The fraction of sp³-hybridized carbons (Fsp3) is 0.0526. The highest BCUT2D eigenvalue weighted by atomic mass is 19.1. The van der Waals surface area contributed by atoms with Crippen LogP contribution in [0.2, 0.25) is 0 Å². The zero-order valence-corrected chi connectivity index (χ0v) is 12.8. The fourth-order valence-corrected chi connectivity index (χ4v) is 2.28. The van der Waals surface area contributed by atoms with E-state index in [4.69, 9.17) is 4.74 Å². The van der Waals surface area contributed by atoms with E-state index in [1.165, 1.54) is 0 Å². The topological polar surface area (TPSA) is 38.7 Å². The van der Waals surface area contributed by atoms with E-state index in [2.05, 4.69) is 4.99 Å². The van der Waals surface area contributed by atoms with Crippen LogP contribution in [0.15, 0.2) is 70.9 Å². The molecule has 0 bridgehead atoms. The van der Waals surface area contributed by atoms with Crippen LogP contribution in [-0.2, 0) is 9.53 Å². The summed E-state index contributed by atoms with van der Waals surface area (Å²) >= 11 is 0. The summed E-state index contributed by atoms with van der Waals surface area (Å²) in [6, 6.07) is 12.4. The number of hydrogen-bond acceptors (Lipinski definition) is 3. The van der Waals surface area contributed by atoms with Gasteiger partial charge in [-0.2, -0.15) is 0 Å². The van der Waals surface area contributed by atoms with Gasteiger partial charge in [0, 0.05) is 11.6 Å². The number of carbonyl (C=O) groups excluding carboxylic acids is 1. The molecule has 24 heavy (non-hydrogen) atoms. The third-order valence-corrected chi connectivity index (χ3v) is 3.29. The van der Waals surface area contributed by atoms with Crippen molar-refractivity contribution in [3.63, 3.8) is 0 Å². The van der Waals surface area contributed by atoms with Crippen molar-refractivity contribution in [1.29, 1.82) is 0 Å². The molecule has 2 aromatic carbocycles. The van der Waals surface area contributed by atoms with Gasteiger partial charge >= 0.3 is 5.97 Å². The molecule has 0 amide bonds. The molecular formula is C19H13F2NO2. The summed E-state index contributed by atoms with van der Waals surface area (Å²) in [4.78, 5) is 15.9. The highest BCUT2D eigenvalue weighted by molar-refractivity contribution is 6.11. The minimum Gasteiger partial charge on any atom is -0.402 e. The van der Waals surface area contributed by atoms with Crippen LogP contribution in [0.4, 0.5) is 8.78 Å². The molecule has 0 unspecified atom stereocenters. The smallest absolute Gasteiger partial charge is 0.363 e. The minimum absolute atomic E-state index is 0.0777. The lowest BCUT2D eigenvalue weighted by atomic mass is 10.1. The van der Waals surface area contributed by atoms with Gasteiger partial charge in [-0.05, 0) is 36.3 Å². The molecular weight excluding hydrogens is 312 g/mol. The lowest BCUT2D eigenvalue weighted by molar-refractivity contribution is -0.130. The third kappa shape index (κ3) is 3.63. The number of aliphatic imine (C=N–C) groups is 1. The van der Waals surface area contributed by atoms with Gasteiger partial charge in [0.15, 0.2) is 5.70 Å². The Hall–Kier alpha value is -3.08. The van der Waals surface area contributed by atoms with Crippen LogP contribution in [0.1, 0.15) is 18.1 Å². The van der Waals surface area contributed by atoms with Crippen LogP contribution in [0.25, 0.3) is 6.08 Å². The second-order valence-electron chi connectivity index (χ2n) is 5.29. The fourth-order valence-electron chi connectivity index (χ4n) is 2.28. The Morgan fingerprint density at radius 1 is 1.08 bits per heavy atom. The van der Waals surface area contributed by atoms with Crippen LogP contribution >= 0.6 is 0 Å². The van der Waals surface area contributed by atoms with Gasteiger partial charge in [-0.3, -0.25) is 0 Å². The first-order valence-corrected chi connectivity index (χ1v) is 7.23. The molecule has 2 aromatic rings. The molecule has 0 N–H and O–H groups in total. The van der Waals surface area contributed by atoms with E-state index in [1.807, 2.05) is 43.3 Å². The van der Waals surface area contributed by atoms with Gasteiger partial charge in [0.2, 0.25) is 5.90 Å². The van der Waals surface area contributed by atoms with E-state index in [0.717, 1.165) is 29.3 Å². The van der Waals surface area contributed by atoms with Crippen molar-refractivity contribution in [2.75, 3.05) is 0 Å². The molecule has 120 valence electrons. The molecule has 3 nitrogen and oxygen atoms in total. The summed E-state index contributed by atoms with van der Waals surface area (Å²) in [5.74, 6) is -2.30. The molecule has 1 aliphatic heterocycles. The molecule has 1 aliphatic rings. The zero-order valence-electron chi connectivity index (χ0n) is 12.8. The third-order valence-electron chi connectivity index (χ3n) is 3.29. The van der Waals surface area contributed by atoms with Crippen molar-refractivity contribution >= 4 is 17.9 Å². The quantitative estimate of drug-likeness (QED) is 0.625. The van der Waals surface area contributed by atoms with Gasteiger partial charge in [0.25, 0.3) is 0 Å². The van der Waals surface area contributed by atoms with Gasteiger partial charge in [0.05, 0.1) is 0 Å². The summed E-state index contributed by atoms with van der Waals surface area (Å²) in [6.07, 6.45) is 3.45. The van der Waals surface area contributed by atoms with Gasteiger partial charge < -0.3 is 4.74 Å². The Balaban J connectivity index is 1.90. The molecule has 0 aliphatic carbocycles. The van der Waals surface area contributed by atoms with Crippen LogP contribution in [0, 0.1) is 11.6 Å². The second kappa shape index (κ2) is 6.58. The highest BCUT2D eigenvalue weighted by Crippen LogP contribution is 2.20. The average molecular weight is 325 g/mol. The van der Waals surface area contributed by atoms with Crippen LogP contribution in [0.3, 0.4) is 0 Å². The molecule has 0 saturated heterocycles. The van der Waals surface area contributed by atoms with Crippen molar-refractivity contribution < 1.29 is 18.3 Å². The van der Waals surface area contributed by atoms with E-state index < -0.39 is 17.6 Å². The van der Waals surface area contributed by atoms with E-state index in [9.17, 15) is 13.6 Å². The number of ether oxygens (including phenoxy) is 1. The Kier molecular flexibility index (Phi) is 4.33. The first kappa shape index (κ1) is 15.8. The van der Waals surface area contributed by atoms with E-state index in [1.54, 1.807) is 6.08 Å². The molecule has 0 saturated carbocycles. The number of allylic oxidation sites excluding steroid dienone is 2. The lowest BCUT2D eigenvalue weighted by Crippen LogP contribution is -2.06. The molecule has 0 atom stereocenters. The maximum absolute atomic E-state index is 13.3. The molecule has 0 fully saturated rings. The molecule has 1 heterocycles. The number of halogens is 2. The Morgan fingerprint density at radius 3 is 2.42 bits per heavy atom. The van der Waals surface area contributed by atoms with E-state index in [0.29, 0.717) is 0 Å². The van der Waals surface area contributed by atoms with Crippen molar-refractivity contribution in [3.8, 4) is 0 Å². The summed E-state index contributed by atoms with van der Waals surface area (Å²) in [6.45, 7) is 1.82. The van der Waals surface area contributed by atoms with Gasteiger partial charge in [-0.25, -0.2) is 18.6 Å². The minimum atomic E-state index is -0.763. The van der Waals surface area contributed by atoms with Crippen LogP contribution < -0.4 is 0 Å². The Bertz CT molecular complexity index is 863. The van der Waals surface area contributed by atoms with Crippen molar-refractivity contribution in [1.82, 2.24) is 0 Å². The number of nitrogens with zero attached hydrogens (tertiary/aromatic N) is 1. The molecule has 3 rings (SSSR count). The predicted molar refractivity (Wildman–Crippen MR) is 87.2 cm³/mol. The number of benzene rings is 2. The number of hydrogen-bond donors (Lipinski definition) is 0. The largest absolute Gasteiger partial charge is 0.402 e. The van der Waals surface area contributed by atoms with Crippen molar-refractivity contribution in [2.45, 2.75) is 6.92 Å². The lowest BCUT2D eigenvalue weighted by Gasteiger charge is -1.99. The van der Waals surface area contributed by atoms with Gasteiger partial charge in [-0.1, -0.05) is 36.4 Å². The van der Waals surface area contributed by atoms with Crippen molar-refractivity contribution in [3.05, 3.63) is 88.6 Å². The van der Waals surface area contributed by atoms with Gasteiger partial charge in [0.1, 0.15) is 11.6 Å². The maximum atomic E-state index is 13.3. The number of esters is 1. The van der Waals surface area contributed by atoms with Crippen molar-refractivity contribution in [2.24, 2.45) is 4.99 Å². The summed E-state index contributed by atoms with van der Waals surface area (Å²) in [5, 5.41) is 0. The van der Waals surface area contributed by atoms with E-state index >= 15 is 0 Å². The normalized spacial score (nSPS) is 16.3. The van der Waals surface area contributed by atoms with Crippen LogP contribution in [0.5, 0.6) is 0 Å². The Morgan fingerprint density at radius 2 is 1.75 bits per heavy atom. The second-order valence-corrected chi connectivity index (χ2v) is 5.29. The molecule has 0 radical (unpaired) electrons. The molecule has 0 spiro atoms. The summed E-state index contributed by atoms with van der Waals surface area (Å²) in [7, 11) is 0. The predicted octanol–water partition coefficient (Wildman–Crippen LogP) is 4.26. The zero-order chi connectivity index (χ0) is 17.1. The summed E-state index contributed by atoms with van der Waals surface area (Å²) < 4.78 is 31.5. The molecule has 5 heteroatoms. The highest BCUT2D eigenvalue weighted by Gasteiger charge is 2.24. The number of cyclic esters (lactones) is 1. The van der Waals surface area contributed by atoms with E-state index in [-0.39, 0.29) is 17.2 Å². The Labute approximate surface area is 137 Å². The molecule has 0 aromatic heterocycles. The number of carbonyl (C=O) groups is 1. The monoisotopic (exact) mass is 325 g/mol. The summed E-state index contributed by atoms with van der Waals surface area (Å²) in [5.41, 5.74) is 1.94. The van der Waals surface area contributed by atoms with Gasteiger partial charge in [-0.15, -0.1) is 0 Å². The number of rotatable bonds is 3. The standard InChI is InChI=1S/C19H13F2NO2/c1-12(7-13-5-3-2-4-6-13)8-17-19(23)24-18(22-17)14-9-15(20)11-16(21)10-14/h2-11H,1H3/b12-7-,17-8-. The first-order chi connectivity index (χ1) is 11.5. The van der Waals surface area contributed by atoms with Crippen LogP contribution in [-0.4, -0.2) is 11.9 Å². The first-order valence-electron chi connectivity index (χ1n) is 7.23. The SMILES string of the molecule is CC(=C/c1ccccc1)/C=C1\N=C(c2cc(F)cc(F)c2)OC1=O. The maximum Gasteiger partial charge on any atom is 0.363 e. The average Bonchev–Trinajstić information content (AvgIpc) is 2.88.